The lowest BCUT2D eigenvalue weighted by Gasteiger charge is -2.38. The summed E-state index contributed by atoms with van der Waals surface area (Å²) in [6.45, 7) is 0. The van der Waals surface area contributed by atoms with Gasteiger partial charge >= 0.3 is 0 Å². The van der Waals surface area contributed by atoms with Crippen LogP contribution in [0.1, 0.15) is 48.6 Å². The number of halogens is 2. The van der Waals surface area contributed by atoms with Gasteiger partial charge in [0.15, 0.2) is 0 Å². The van der Waals surface area contributed by atoms with E-state index in [2.05, 4.69) is 128 Å². The topological polar surface area (TPSA) is 3.24 Å². The second kappa shape index (κ2) is 8.77. The zero-order valence-electron chi connectivity index (χ0n) is 18.3. The van der Waals surface area contributed by atoms with Crippen LogP contribution >= 0.6 is 31.9 Å². The van der Waals surface area contributed by atoms with Crippen LogP contribution in [0.2, 0.25) is 0 Å². The Hall–Kier alpha value is -2.36. The van der Waals surface area contributed by atoms with Crippen molar-refractivity contribution in [3.8, 4) is 11.1 Å². The molecule has 3 aliphatic carbocycles. The lowest BCUT2D eigenvalue weighted by atomic mass is 9.66. The molecule has 3 heteroatoms. The molecule has 2 bridgehead atoms. The van der Waals surface area contributed by atoms with E-state index < -0.39 is 0 Å². The standard InChI is InChI=1S/C30H25Br2N/c31-23-10-14-25(15-11-23)33(26-16-12-24(32)13-17-26)30-4-2-1-3-28(30)22-9-18-27-20-5-7-21(8-6-20)29(27)19-22/h1-4,9-21H,5-8H2. The van der Waals surface area contributed by atoms with Crippen molar-refractivity contribution in [1.29, 1.82) is 0 Å². The zero-order chi connectivity index (χ0) is 22.4. The van der Waals surface area contributed by atoms with E-state index >= 15 is 0 Å². The molecule has 0 aliphatic heterocycles. The highest BCUT2D eigenvalue weighted by Gasteiger charge is 2.33. The Morgan fingerprint density at radius 2 is 1.12 bits per heavy atom. The van der Waals surface area contributed by atoms with Gasteiger partial charge in [-0.3, -0.25) is 0 Å². The summed E-state index contributed by atoms with van der Waals surface area (Å²) < 4.78 is 2.17. The van der Waals surface area contributed by atoms with Crippen molar-refractivity contribution in [2.45, 2.75) is 37.5 Å². The van der Waals surface area contributed by atoms with Gasteiger partial charge in [-0.15, -0.1) is 0 Å². The molecular formula is C30H25Br2N. The monoisotopic (exact) mass is 557 g/mol. The molecule has 7 rings (SSSR count). The molecule has 0 atom stereocenters. The summed E-state index contributed by atoms with van der Waals surface area (Å²) in [6.07, 6.45) is 5.45. The van der Waals surface area contributed by atoms with Crippen molar-refractivity contribution in [2.24, 2.45) is 0 Å². The van der Waals surface area contributed by atoms with Gasteiger partial charge in [-0.05, 0) is 109 Å². The summed E-state index contributed by atoms with van der Waals surface area (Å²) >= 11 is 7.19. The smallest absolute Gasteiger partial charge is 0.0540 e. The highest BCUT2D eigenvalue weighted by molar-refractivity contribution is 9.10. The lowest BCUT2D eigenvalue weighted by molar-refractivity contribution is 0.359. The van der Waals surface area contributed by atoms with Gasteiger partial charge < -0.3 is 4.90 Å². The highest BCUT2D eigenvalue weighted by Crippen LogP contribution is 2.51. The van der Waals surface area contributed by atoms with E-state index in [0.29, 0.717) is 0 Å². The van der Waals surface area contributed by atoms with Gasteiger partial charge in [-0.25, -0.2) is 0 Å². The minimum atomic E-state index is 0.742. The molecule has 33 heavy (non-hydrogen) atoms. The first-order chi connectivity index (χ1) is 16.2. The molecule has 0 saturated heterocycles. The average molecular weight is 559 g/mol. The van der Waals surface area contributed by atoms with Crippen LogP contribution < -0.4 is 4.90 Å². The normalized spacial score (nSPS) is 18.7. The second-order valence-electron chi connectivity index (χ2n) is 9.20. The average Bonchev–Trinajstić information content (AvgIpc) is 2.87. The van der Waals surface area contributed by atoms with Crippen LogP contribution in [-0.4, -0.2) is 0 Å². The fourth-order valence-corrected chi connectivity index (χ4v) is 6.23. The third kappa shape index (κ3) is 3.96. The Morgan fingerprint density at radius 1 is 0.576 bits per heavy atom. The van der Waals surface area contributed by atoms with Crippen LogP contribution in [0.15, 0.2) is 99.9 Å². The third-order valence-corrected chi connectivity index (χ3v) is 8.38. The molecule has 0 unspecified atom stereocenters. The summed E-state index contributed by atoms with van der Waals surface area (Å²) in [5.41, 5.74) is 9.28. The number of hydrogen-bond donors (Lipinski definition) is 0. The molecule has 1 nitrogen and oxygen atoms in total. The van der Waals surface area contributed by atoms with E-state index in [1.165, 1.54) is 42.5 Å². The van der Waals surface area contributed by atoms with Crippen LogP contribution in [0.3, 0.4) is 0 Å². The van der Waals surface area contributed by atoms with Gasteiger partial charge in [-0.1, -0.05) is 68.3 Å². The molecule has 3 aliphatic rings. The molecule has 0 spiro atoms. The van der Waals surface area contributed by atoms with Gasteiger partial charge in [0.1, 0.15) is 0 Å². The van der Waals surface area contributed by atoms with E-state index in [1.54, 1.807) is 11.1 Å². The highest BCUT2D eigenvalue weighted by atomic mass is 79.9. The molecule has 0 aromatic heterocycles. The summed E-state index contributed by atoms with van der Waals surface area (Å²) in [4.78, 5) is 2.36. The number of benzene rings is 4. The van der Waals surface area contributed by atoms with Crippen molar-refractivity contribution in [2.75, 3.05) is 4.90 Å². The molecule has 4 aromatic carbocycles. The second-order valence-corrected chi connectivity index (χ2v) is 11.0. The van der Waals surface area contributed by atoms with Crippen LogP contribution in [-0.2, 0) is 0 Å². The molecule has 1 saturated carbocycles. The summed E-state index contributed by atoms with van der Waals surface area (Å²) in [6, 6.07) is 33.2. The molecule has 0 heterocycles. The first-order valence-corrected chi connectivity index (χ1v) is 13.3. The zero-order valence-corrected chi connectivity index (χ0v) is 21.5. The van der Waals surface area contributed by atoms with Crippen molar-refractivity contribution >= 4 is 48.9 Å². The Labute approximate surface area is 212 Å². The number of fused-ring (bicyclic) bond motifs is 2. The summed E-state index contributed by atoms with van der Waals surface area (Å²) in [5, 5.41) is 0. The van der Waals surface area contributed by atoms with Gasteiger partial charge in [0.2, 0.25) is 0 Å². The van der Waals surface area contributed by atoms with Crippen LogP contribution in [0.25, 0.3) is 11.1 Å². The van der Waals surface area contributed by atoms with Crippen molar-refractivity contribution in [3.05, 3.63) is 111 Å². The van der Waals surface area contributed by atoms with Gasteiger partial charge in [-0.2, -0.15) is 0 Å². The SMILES string of the molecule is Brc1ccc(N(c2ccc(Br)cc2)c2ccccc2-c2ccc3c(c2)C2CCC3CC2)cc1. The predicted octanol–water partition coefficient (Wildman–Crippen LogP) is 10.1. The van der Waals surface area contributed by atoms with Crippen LogP contribution in [0, 0.1) is 0 Å². The minimum absolute atomic E-state index is 0.742. The molecule has 0 N–H and O–H groups in total. The Kier molecular flexibility index (Phi) is 5.63. The van der Waals surface area contributed by atoms with Crippen LogP contribution in [0.5, 0.6) is 0 Å². The molecule has 164 valence electrons. The van der Waals surface area contributed by atoms with Gasteiger partial charge in [0.25, 0.3) is 0 Å². The Balaban J connectivity index is 1.51. The van der Waals surface area contributed by atoms with E-state index in [9.17, 15) is 0 Å². The third-order valence-electron chi connectivity index (χ3n) is 7.32. The largest absolute Gasteiger partial charge is 0.310 e. The van der Waals surface area contributed by atoms with E-state index in [1.807, 2.05) is 0 Å². The van der Waals surface area contributed by atoms with Gasteiger partial charge in [0.05, 0.1) is 5.69 Å². The fourth-order valence-electron chi connectivity index (χ4n) is 5.70. The van der Waals surface area contributed by atoms with Crippen molar-refractivity contribution in [3.63, 3.8) is 0 Å². The minimum Gasteiger partial charge on any atom is -0.310 e. The fraction of sp³-hybridized carbons (Fsp3) is 0.200. The molecule has 0 amide bonds. The number of anilines is 3. The van der Waals surface area contributed by atoms with E-state index in [4.69, 9.17) is 0 Å². The quantitative estimate of drug-likeness (QED) is 0.241. The summed E-state index contributed by atoms with van der Waals surface area (Å²) in [7, 11) is 0. The van der Waals surface area contributed by atoms with Crippen LogP contribution in [0.4, 0.5) is 17.1 Å². The predicted molar refractivity (Wildman–Crippen MR) is 146 cm³/mol. The Morgan fingerprint density at radius 3 is 1.73 bits per heavy atom. The molecule has 4 aromatic rings. The number of rotatable bonds is 4. The molecule has 0 radical (unpaired) electrons. The number of hydrogen-bond acceptors (Lipinski definition) is 1. The maximum atomic E-state index is 3.59. The first kappa shape index (κ1) is 21.2. The maximum Gasteiger partial charge on any atom is 0.0540 e. The lowest BCUT2D eigenvalue weighted by Crippen LogP contribution is -2.21. The molecular weight excluding hydrogens is 534 g/mol. The maximum absolute atomic E-state index is 3.59. The van der Waals surface area contributed by atoms with Gasteiger partial charge in [0, 0.05) is 25.9 Å². The molecule has 1 fully saturated rings. The van der Waals surface area contributed by atoms with E-state index in [0.717, 1.165) is 32.2 Å². The van der Waals surface area contributed by atoms with Crippen molar-refractivity contribution < 1.29 is 0 Å². The Bertz CT molecular complexity index is 1240. The number of nitrogens with zero attached hydrogens (tertiary/aromatic N) is 1. The van der Waals surface area contributed by atoms with Crippen molar-refractivity contribution in [1.82, 2.24) is 0 Å². The first-order valence-electron chi connectivity index (χ1n) is 11.7. The number of para-hydroxylation sites is 1. The van der Waals surface area contributed by atoms with E-state index in [-0.39, 0.29) is 0 Å². The summed E-state index contributed by atoms with van der Waals surface area (Å²) in [5.74, 6) is 1.52.